The number of nitrogens with one attached hydrogen (secondary N) is 2. The molecule has 11 aliphatic rings. The van der Waals surface area contributed by atoms with E-state index < -0.39 is 126 Å². The monoisotopic (exact) mass is 1580 g/mol. The van der Waals surface area contributed by atoms with E-state index in [1.54, 1.807) is 0 Å². The number of aldehydes is 1. The Morgan fingerprint density at radius 1 is 0.532 bits per heavy atom. The number of hydrogen-bond acceptors (Lipinski definition) is 39. The molecule has 11 aliphatic heterocycles. The van der Waals surface area contributed by atoms with Crippen molar-refractivity contribution in [2.45, 2.75) is 222 Å². The molecule has 11 saturated heterocycles. The number of anilines is 2. The summed E-state index contributed by atoms with van der Waals surface area (Å²) in [5.74, 6) is -0.0927. The Balaban J connectivity index is 0.000000155. The van der Waals surface area contributed by atoms with E-state index in [2.05, 4.69) is 41.3 Å². The number of carbonyl (C=O) groups is 9. The number of imidazole rings is 2. The molecule has 15 heterocycles. The molecule has 4 aromatic heterocycles. The molecule has 608 valence electrons. The number of terminal acetylenes is 2. The fraction of sp³-hybridized carbons (Fsp3) is 0.646. The Hall–Kier alpha value is -9.83. The van der Waals surface area contributed by atoms with Crippen LogP contribution in [0.5, 0.6) is 0 Å². The zero-order valence-corrected chi connectivity index (χ0v) is 60.4. The van der Waals surface area contributed by atoms with Crippen molar-refractivity contribution in [3.63, 3.8) is 0 Å². The molecule has 0 saturated carbocycles. The lowest BCUT2D eigenvalue weighted by molar-refractivity contribution is -0.194. The third-order valence-corrected chi connectivity index (χ3v) is 17.6. The van der Waals surface area contributed by atoms with Gasteiger partial charge in [-0.3, -0.25) is 52.7 Å². The summed E-state index contributed by atoms with van der Waals surface area (Å²) in [6, 6.07) is 0. The highest BCUT2D eigenvalue weighted by Crippen LogP contribution is 2.36. The molecule has 46 heteroatoms. The zero-order valence-electron chi connectivity index (χ0n) is 60.4. The number of aliphatic hydroxyl groups excluding tert-OH is 2. The number of aromatic nitrogens is 8. The number of ketones is 2. The minimum atomic E-state index is -1.24. The van der Waals surface area contributed by atoms with Gasteiger partial charge in [0.25, 0.3) is 11.1 Å². The van der Waals surface area contributed by atoms with E-state index in [9.17, 15) is 67.4 Å². The van der Waals surface area contributed by atoms with E-state index in [4.69, 9.17) is 120 Å². The van der Waals surface area contributed by atoms with Gasteiger partial charge in [0.05, 0.1) is 40.0 Å². The number of carboxylic acids is 1. The third-order valence-electron chi connectivity index (χ3n) is 17.6. The molecule has 46 nitrogen and oxygen atoms in total. The van der Waals surface area contributed by atoms with Crippen LogP contribution in [0, 0.1) is 24.7 Å². The number of Topliss-reactive ketones (excluding diaryl/α,β-unsaturated/α-hetero) is 2. The van der Waals surface area contributed by atoms with Crippen LogP contribution in [0.25, 0.3) is 22.3 Å². The van der Waals surface area contributed by atoms with Gasteiger partial charge in [0.1, 0.15) is 55.1 Å². The molecule has 0 amide bonds. The first-order valence-electron chi connectivity index (χ1n) is 34.0. The van der Waals surface area contributed by atoms with Gasteiger partial charge in [-0.2, -0.15) is 9.97 Å². The normalized spacial score (nSPS) is 31.3. The SMILES string of the molecule is C#CCn1c(=O)n([C@@H]2O[C@@H](C(=O)OC)C[C@H]2O)c2nc(N)[nH]c(=O)c21.C#CCn1c(=O)n([C@@H]2O[C@H](C(=O)OC)C[C@H]2OC(C)=O)c2nc(N)[nH]c(=O)c21.CC(=O)O[C@@H]1O[C@H](C(C)=O)C[C@H]1OC(C)=O.CC(=O)[C@@H]1C[C@H]2OCO[C@H]2O1.O=C(O)[C@@H]1C[C@H]2OCO[C@H]2O1.O=C[C@@H]1C[C@H]2OCO[C@H]2O1.OC[C@@H]1C[C@H]2OCO[C@H]2O1. The number of hydrogen-bond donors (Lipinski definition) is 7. The maximum Gasteiger partial charge on any atom is 0.335 e. The second-order valence-electron chi connectivity index (χ2n) is 25.3. The molecule has 0 aliphatic carbocycles. The largest absolute Gasteiger partial charge is 0.479 e. The molecule has 111 heavy (non-hydrogen) atoms. The van der Waals surface area contributed by atoms with Crippen LogP contribution in [0.2, 0.25) is 0 Å². The number of esters is 5. The van der Waals surface area contributed by atoms with Gasteiger partial charge in [-0.25, -0.2) is 33.1 Å². The Labute approximate surface area is 625 Å². The lowest BCUT2D eigenvalue weighted by Crippen LogP contribution is -2.33. The van der Waals surface area contributed by atoms with Gasteiger partial charge in [-0.15, -0.1) is 12.8 Å². The Morgan fingerprint density at radius 3 is 1.38 bits per heavy atom. The molecule has 15 rings (SSSR count). The molecule has 0 radical (unpaired) electrons. The van der Waals surface area contributed by atoms with Crippen molar-refractivity contribution < 1.29 is 153 Å². The van der Waals surface area contributed by atoms with Crippen molar-refractivity contribution in [2.75, 3.05) is 59.5 Å². The molecular formula is C65H82N10O36. The second-order valence-corrected chi connectivity index (χ2v) is 25.3. The molecule has 4 aromatic rings. The number of carbonyl (C=O) groups excluding carboxylic acids is 8. The second kappa shape index (κ2) is 38.4. The number of fused-ring (bicyclic) bond motifs is 6. The molecule has 0 aromatic carbocycles. The van der Waals surface area contributed by atoms with Gasteiger partial charge < -0.3 is 126 Å². The van der Waals surface area contributed by atoms with Crippen molar-refractivity contribution in [3.05, 3.63) is 41.7 Å². The molecule has 21 atom stereocenters. The maximum atomic E-state index is 13.0. The number of methoxy groups -OCH3 is 2. The first-order chi connectivity index (χ1) is 52.9. The number of nitrogens with zero attached hydrogens (tertiary/aromatic N) is 6. The van der Waals surface area contributed by atoms with Gasteiger partial charge in [-0.05, 0) is 13.8 Å². The van der Waals surface area contributed by atoms with Gasteiger partial charge in [-0.1, -0.05) is 11.8 Å². The summed E-state index contributed by atoms with van der Waals surface area (Å²) in [7, 11) is 2.35. The summed E-state index contributed by atoms with van der Waals surface area (Å²) in [5, 5.41) is 27.4. The number of nitrogen functional groups attached to an aromatic ring is 2. The molecular weight excluding hydrogens is 1500 g/mol. The van der Waals surface area contributed by atoms with Gasteiger partial charge in [0.15, 0.2) is 129 Å². The van der Waals surface area contributed by atoms with Crippen molar-refractivity contribution in [1.29, 1.82) is 0 Å². The van der Waals surface area contributed by atoms with Crippen LogP contribution in [0.3, 0.4) is 0 Å². The van der Waals surface area contributed by atoms with Crippen LogP contribution in [0.4, 0.5) is 11.9 Å². The lowest BCUT2D eigenvalue weighted by Gasteiger charge is -2.19. The van der Waals surface area contributed by atoms with Gasteiger partial charge in [0, 0.05) is 65.7 Å². The van der Waals surface area contributed by atoms with Gasteiger partial charge >= 0.3 is 47.2 Å². The number of aliphatic hydroxyl groups is 2. The highest BCUT2D eigenvalue weighted by atomic mass is 16.8. The Kier molecular flexibility index (Phi) is 29.5. The fourth-order valence-electron chi connectivity index (χ4n) is 12.6. The average molecular weight is 1580 g/mol. The van der Waals surface area contributed by atoms with Crippen LogP contribution in [0.15, 0.2) is 19.2 Å². The molecule has 0 unspecified atom stereocenters. The highest BCUT2D eigenvalue weighted by Gasteiger charge is 2.49. The lowest BCUT2D eigenvalue weighted by atomic mass is 10.1. The number of rotatable bonds is 14. The van der Waals surface area contributed by atoms with Gasteiger partial charge in [0.2, 0.25) is 18.2 Å². The summed E-state index contributed by atoms with van der Waals surface area (Å²) in [5.41, 5.74) is 7.92. The molecule has 0 spiro atoms. The quantitative estimate of drug-likeness (QED) is 0.0270. The van der Waals surface area contributed by atoms with Crippen LogP contribution >= 0.6 is 0 Å². The molecule has 11 fully saturated rings. The van der Waals surface area contributed by atoms with Crippen molar-refractivity contribution >= 4 is 87.9 Å². The summed E-state index contributed by atoms with van der Waals surface area (Å²) >= 11 is 0. The first kappa shape index (κ1) is 85.2. The minimum absolute atomic E-state index is 0.0183. The fourth-order valence-corrected chi connectivity index (χ4v) is 12.6. The Bertz CT molecular complexity index is 4270. The predicted octanol–water partition coefficient (Wildman–Crippen LogP) is -4.64. The third kappa shape index (κ3) is 20.7. The number of nitrogens with two attached hydrogens (primary N) is 2. The number of carboxylic acid groups (broad SMARTS) is 1. The minimum Gasteiger partial charge on any atom is -0.479 e. The highest BCUT2D eigenvalue weighted by molar-refractivity contribution is 5.82. The van der Waals surface area contributed by atoms with E-state index in [0.29, 0.717) is 39.6 Å². The van der Waals surface area contributed by atoms with Crippen LogP contribution in [-0.2, 0) is 151 Å². The average Bonchev–Trinajstić information content (AvgIpc) is 1.59. The first-order valence-corrected chi connectivity index (χ1v) is 34.0. The predicted molar refractivity (Wildman–Crippen MR) is 358 cm³/mol. The van der Waals surface area contributed by atoms with E-state index in [0.717, 1.165) is 31.0 Å². The van der Waals surface area contributed by atoms with E-state index in [1.165, 1.54) is 48.8 Å². The van der Waals surface area contributed by atoms with Crippen molar-refractivity contribution in [3.8, 4) is 24.7 Å². The maximum absolute atomic E-state index is 13.0. The van der Waals surface area contributed by atoms with E-state index in [-0.39, 0.29) is 153 Å². The number of ether oxygens (including phenoxy) is 20. The number of H-pyrrole nitrogens is 2. The smallest absolute Gasteiger partial charge is 0.335 e. The molecule has 9 N–H and O–H groups in total. The van der Waals surface area contributed by atoms with Crippen LogP contribution in [-0.4, -0.2) is 272 Å². The van der Waals surface area contributed by atoms with Crippen molar-refractivity contribution in [2.24, 2.45) is 0 Å². The topological polar surface area (TPSA) is 596 Å². The number of aromatic amines is 2. The number of aliphatic carboxylic acids is 1. The summed E-state index contributed by atoms with van der Waals surface area (Å²) in [4.78, 5) is 162. The standard InChI is InChI=1S/C16H17N5O7.C14H15N5O6.C10H14O6.C7H10O4.C6H8O5.C6H10O4.C6H8O4/c1-4-5-20-10-11(18-15(17)19-12(10)23)21(16(20)25)13-8(27-7(2)22)6-9(28-13)14(24)26-3;1-3-4-18-8-9(16-13(15)17-10(8)21)19(14(18)23)11-6(20)5-7(25-11)12(22)24-2;1-5(11)8-4-9(14-6(2)12)10(16-8)15-7(3)13;1-4(8)5-2-6-7(11-5)10-3-9-6;7-5(8)3-1-4-6(11-3)10-2-9-4;2*7-2-4-1-5-6(10-4)9-3-8-5/h1,8-9,13H,5-6H2,2-3H3,(H3,17,18,19,23);1,6-7,11,20H,4-5H2,2H3,(H3,15,16,17,21);8-10H,4H2,1-3H3;5-7H,2-3H2,1H3;3-4,6H,1-2H2,(H,7,8);4-7H,1-3H2;2,4-6H,1,3H2/t8-,9+,13-;6-,7-,11-;8-,9+,10+;5-,6+,7-;3-,4+,6-;2*4-,5+,6-/m1100000/s1. The van der Waals surface area contributed by atoms with E-state index >= 15 is 0 Å². The van der Waals surface area contributed by atoms with Crippen LogP contribution in [0.1, 0.15) is 92.0 Å². The van der Waals surface area contributed by atoms with Crippen molar-refractivity contribution in [1.82, 2.24) is 38.2 Å². The Morgan fingerprint density at radius 2 is 0.946 bits per heavy atom. The summed E-state index contributed by atoms with van der Waals surface area (Å²) in [6.07, 6.45) is 1.66. The zero-order chi connectivity index (χ0) is 80.8. The van der Waals surface area contributed by atoms with E-state index in [1.807, 2.05) is 0 Å². The summed E-state index contributed by atoms with van der Waals surface area (Å²) in [6.45, 7) is 7.28. The molecule has 0 bridgehead atoms. The summed E-state index contributed by atoms with van der Waals surface area (Å²) < 4.78 is 106. The van der Waals surface area contributed by atoms with Crippen LogP contribution < -0.4 is 34.0 Å².